The van der Waals surface area contributed by atoms with E-state index in [1.807, 2.05) is 55.3 Å². The van der Waals surface area contributed by atoms with E-state index in [1.165, 1.54) is 28.9 Å². The first-order valence-electron chi connectivity index (χ1n) is 17.5. The maximum Gasteiger partial charge on any atom is 0.343 e. The number of esters is 2. The van der Waals surface area contributed by atoms with Crippen LogP contribution >= 0.6 is 0 Å². The summed E-state index contributed by atoms with van der Waals surface area (Å²) in [6.45, 7) is 11.6. The van der Waals surface area contributed by atoms with Crippen LogP contribution in [0, 0.1) is 19.3 Å². The molecule has 7 heteroatoms. The Balaban J connectivity index is 0.000000224. The van der Waals surface area contributed by atoms with Gasteiger partial charge in [-0.05, 0) is 97.4 Å². The van der Waals surface area contributed by atoms with Crippen LogP contribution in [-0.4, -0.2) is 36.7 Å². The van der Waals surface area contributed by atoms with Gasteiger partial charge < -0.3 is 14.2 Å². The first-order chi connectivity index (χ1) is 25.2. The molecule has 0 spiro atoms. The van der Waals surface area contributed by atoms with Gasteiger partial charge in [0.25, 0.3) is 0 Å². The molecule has 3 aliphatic rings. The molecule has 0 heterocycles. The topological polar surface area (TPSA) is 96.0 Å². The quantitative estimate of drug-likeness (QED) is 0.0429. The lowest BCUT2D eigenvalue weighted by Gasteiger charge is -2.08. The third-order valence-electron chi connectivity index (χ3n) is 8.08. The fourth-order valence-electron chi connectivity index (χ4n) is 4.81. The Morgan fingerprint density at radius 3 is 1.77 bits per heavy atom. The molecule has 0 amide bonds. The molecule has 267 valence electrons. The fourth-order valence-corrected chi connectivity index (χ4v) is 4.81. The molecule has 0 atom stereocenters. The zero-order chi connectivity index (χ0) is 37.3. The molecular weight excluding hydrogens is 652 g/mol. The van der Waals surface area contributed by atoms with Crippen LogP contribution in [0.5, 0.6) is 11.5 Å². The Morgan fingerprint density at radius 2 is 1.23 bits per heavy atom. The van der Waals surface area contributed by atoms with E-state index in [0.717, 1.165) is 60.8 Å². The van der Waals surface area contributed by atoms with Gasteiger partial charge in [-0.25, -0.2) is 9.59 Å². The summed E-state index contributed by atoms with van der Waals surface area (Å²) in [7, 11) is 0. The standard InChI is InChI=1S/C26H22O4.C11H9O.C8H14O2/c1-2-25(27)24-17-21(24)5-3-4-16-29-22-12-10-20(11-13-22)26(28)30-23-14-8-19(9-15-23)18-6-7-18;1-8(12)9-2-4-10(5-3-9)11-6-7-11;1-3-5-6-7-10-8(9)4-2/h2,6-15,17H,1,3-5,16H2;2-7H,1H3;4H,2-3,5-7H2,1H3. The number of ketones is 2. The number of rotatable bonds is 18. The molecule has 0 unspecified atom stereocenters. The van der Waals surface area contributed by atoms with E-state index in [1.54, 1.807) is 43.3 Å². The minimum Gasteiger partial charge on any atom is -0.494 e. The molecule has 52 heavy (non-hydrogen) atoms. The van der Waals surface area contributed by atoms with Crippen LogP contribution in [0.4, 0.5) is 0 Å². The van der Waals surface area contributed by atoms with Crippen LogP contribution < -0.4 is 9.47 Å². The highest BCUT2D eigenvalue weighted by molar-refractivity contribution is 6.11. The third kappa shape index (κ3) is 13.6. The summed E-state index contributed by atoms with van der Waals surface area (Å²) in [5.41, 5.74) is 7.97. The molecule has 0 bridgehead atoms. The summed E-state index contributed by atoms with van der Waals surface area (Å²) in [5, 5.41) is 0. The molecule has 0 saturated carbocycles. The van der Waals surface area contributed by atoms with Crippen molar-refractivity contribution in [3.63, 3.8) is 0 Å². The molecule has 7 nitrogen and oxygen atoms in total. The Kier molecular flexibility index (Phi) is 15.3. The Labute approximate surface area is 307 Å². The normalized spacial score (nSPS) is 13.0. The average Bonchev–Trinajstić information content (AvgIpc) is 4.02. The summed E-state index contributed by atoms with van der Waals surface area (Å²) in [4.78, 5) is 45.1. The summed E-state index contributed by atoms with van der Waals surface area (Å²) in [6, 6.07) is 22.1. The largest absolute Gasteiger partial charge is 0.494 e. The van der Waals surface area contributed by atoms with Gasteiger partial charge >= 0.3 is 11.9 Å². The maximum absolute atomic E-state index is 12.3. The van der Waals surface area contributed by atoms with E-state index < -0.39 is 5.97 Å². The van der Waals surface area contributed by atoms with Gasteiger partial charge in [0.05, 0.1) is 18.8 Å². The number of allylic oxidation sites excluding steroid dienone is 7. The van der Waals surface area contributed by atoms with Crippen molar-refractivity contribution in [3.8, 4) is 11.5 Å². The molecule has 3 radical (unpaired) electrons. The van der Waals surface area contributed by atoms with Crippen LogP contribution in [0.3, 0.4) is 0 Å². The van der Waals surface area contributed by atoms with E-state index in [4.69, 9.17) is 14.2 Å². The van der Waals surface area contributed by atoms with E-state index >= 15 is 0 Å². The van der Waals surface area contributed by atoms with Gasteiger partial charge in [-0.2, -0.15) is 0 Å². The molecule has 0 aliphatic heterocycles. The second kappa shape index (κ2) is 20.3. The van der Waals surface area contributed by atoms with Crippen LogP contribution in [0.15, 0.2) is 121 Å². The minimum atomic E-state index is -0.398. The number of unbranched alkanes of at least 4 members (excludes halogenated alkanes) is 3. The van der Waals surface area contributed by atoms with Crippen molar-refractivity contribution in [2.24, 2.45) is 0 Å². The molecule has 0 saturated heterocycles. The average molecular weight is 698 g/mol. The lowest BCUT2D eigenvalue weighted by molar-refractivity contribution is -0.137. The van der Waals surface area contributed by atoms with Gasteiger partial charge in [0.2, 0.25) is 0 Å². The highest BCUT2D eigenvalue weighted by atomic mass is 16.5. The van der Waals surface area contributed by atoms with Crippen LogP contribution in [0.25, 0.3) is 11.1 Å². The number of benzene rings is 3. The molecule has 3 aliphatic carbocycles. The number of Topliss-reactive ketones (excluding diaryl/α,β-unsaturated/α-hetero) is 1. The Bertz CT molecular complexity index is 1800. The molecule has 0 aromatic heterocycles. The monoisotopic (exact) mass is 697 g/mol. The summed E-state index contributed by atoms with van der Waals surface area (Å²) in [5.74, 6) is 0.638. The van der Waals surface area contributed by atoms with Crippen molar-refractivity contribution in [2.75, 3.05) is 13.2 Å². The minimum absolute atomic E-state index is 0.00596. The fraction of sp³-hybridized carbons (Fsp3) is 0.222. The van der Waals surface area contributed by atoms with Crippen molar-refractivity contribution in [3.05, 3.63) is 163 Å². The highest BCUT2D eigenvalue weighted by Crippen LogP contribution is 2.34. The summed E-state index contributed by atoms with van der Waals surface area (Å²) in [6.07, 6.45) is 18.6. The van der Waals surface area contributed by atoms with E-state index in [0.29, 0.717) is 30.3 Å². The maximum atomic E-state index is 12.3. The van der Waals surface area contributed by atoms with Crippen LogP contribution in [0.2, 0.25) is 0 Å². The van der Waals surface area contributed by atoms with Crippen LogP contribution in [-0.2, 0) is 14.3 Å². The first kappa shape index (κ1) is 39.2. The zero-order valence-corrected chi connectivity index (χ0v) is 29.9. The van der Waals surface area contributed by atoms with E-state index in [-0.39, 0.29) is 17.5 Å². The van der Waals surface area contributed by atoms with Gasteiger partial charge in [-0.1, -0.05) is 87.0 Å². The molecule has 0 fully saturated rings. The number of hydrogen-bond donors (Lipinski definition) is 0. The van der Waals surface area contributed by atoms with Gasteiger partial charge in [0.15, 0.2) is 11.6 Å². The third-order valence-corrected chi connectivity index (χ3v) is 8.08. The second-order valence-electron chi connectivity index (χ2n) is 12.2. The van der Waals surface area contributed by atoms with Crippen molar-refractivity contribution in [2.45, 2.75) is 52.4 Å². The molecule has 0 N–H and O–H groups in total. The number of hydrogen-bond acceptors (Lipinski definition) is 7. The van der Waals surface area contributed by atoms with Crippen molar-refractivity contribution in [1.82, 2.24) is 0 Å². The highest BCUT2D eigenvalue weighted by Gasteiger charge is 2.25. The predicted molar refractivity (Wildman–Crippen MR) is 205 cm³/mol. The smallest absolute Gasteiger partial charge is 0.343 e. The summed E-state index contributed by atoms with van der Waals surface area (Å²) < 4.78 is 15.9. The molecular formula is C45H45O7. The van der Waals surface area contributed by atoms with Crippen molar-refractivity contribution < 1.29 is 33.4 Å². The number of carbonyl (C=O) groups is 4. The van der Waals surface area contributed by atoms with Gasteiger partial charge in [0.1, 0.15) is 11.5 Å². The van der Waals surface area contributed by atoms with E-state index in [2.05, 4.69) is 32.6 Å². The summed E-state index contributed by atoms with van der Waals surface area (Å²) >= 11 is 0. The van der Waals surface area contributed by atoms with Gasteiger partial charge in [-0.3, -0.25) is 9.59 Å². The molecule has 3 aromatic carbocycles. The Hall–Kier alpha value is -5.56. The molecule has 6 rings (SSSR count). The lowest BCUT2D eigenvalue weighted by Crippen LogP contribution is -2.08. The van der Waals surface area contributed by atoms with Crippen molar-refractivity contribution >= 4 is 34.7 Å². The molecule has 3 aromatic rings. The lowest BCUT2D eigenvalue weighted by atomic mass is 10.1. The van der Waals surface area contributed by atoms with Gasteiger partial charge in [-0.15, -0.1) is 0 Å². The predicted octanol–water partition coefficient (Wildman–Crippen LogP) is 9.72. The van der Waals surface area contributed by atoms with Gasteiger partial charge in [0, 0.05) is 36.5 Å². The first-order valence-corrected chi connectivity index (χ1v) is 17.5. The zero-order valence-electron chi connectivity index (χ0n) is 29.9. The second-order valence-corrected chi connectivity index (χ2v) is 12.2. The number of ether oxygens (including phenoxy) is 3. The van der Waals surface area contributed by atoms with Crippen molar-refractivity contribution in [1.29, 1.82) is 0 Å². The van der Waals surface area contributed by atoms with Crippen LogP contribution in [0.1, 0.15) is 84.2 Å². The number of carbonyl (C=O) groups excluding carboxylic acids is 4. The van der Waals surface area contributed by atoms with E-state index in [9.17, 15) is 19.2 Å². The SMILES string of the molecule is C=CC(=O)C1=C(CCCCOc2ccc(C(=O)Oc3ccc(C4=C[CH]4)cc3)cc2)[CH]1.C=CC(=O)OCCCCC.CC(=O)c1ccc(C2=C[CH]2)cc1. The Morgan fingerprint density at radius 1 is 0.673 bits per heavy atom.